The van der Waals surface area contributed by atoms with E-state index in [0.717, 1.165) is 12.3 Å². The van der Waals surface area contributed by atoms with Gasteiger partial charge in [0.05, 0.1) is 5.25 Å². The Bertz CT molecular complexity index is 307. The minimum Gasteiger partial charge on any atom is -0.316 e. The zero-order chi connectivity index (χ0) is 12.9. The first-order valence-electron chi connectivity index (χ1n) is 6.81. The van der Waals surface area contributed by atoms with Crippen LogP contribution in [-0.2, 0) is 9.84 Å². The van der Waals surface area contributed by atoms with Crippen molar-refractivity contribution >= 4 is 9.84 Å². The van der Waals surface area contributed by atoms with Gasteiger partial charge < -0.3 is 5.32 Å². The van der Waals surface area contributed by atoms with E-state index in [0.29, 0.717) is 0 Å². The van der Waals surface area contributed by atoms with E-state index >= 15 is 0 Å². The average Bonchev–Trinajstić information content (AvgIpc) is 2.30. The van der Waals surface area contributed by atoms with Crippen LogP contribution in [-0.4, -0.2) is 33.0 Å². The SMILES string of the molecule is CNC(CCC1CCCCC1)C(C)S(C)(=O)=O. The van der Waals surface area contributed by atoms with E-state index in [2.05, 4.69) is 5.32 Å². The van der Waals surface area contributed by atoms with Crippen LogP contribution in [0.4, 0.5) is 0 Å². The zero-order valence-electron chi connectivity index (χ0n) is 11.4. The Balaban J connectivity index is 2.41. The van der Waals surface area contributed by atoms with Gasteiger partial charge in [0.2, 0.25) is 0 Å². The molecule has 0 radical (unpaired) electrons. The lowest BCUT2D eigenvalue weighted by Crippen LogP contribution is -2.40. The molecular formula is C13H27NO2S. The Morgan fingerprint density at radius 3 is 2.29 bits per heavy atom. The smallest absolute Gasteiger partial charge is 0.151 e. The highest BCUT2D eigenvalue weighted by Crippen LogP contribution is 2.28. The van der Waals surface area contributed by atoms with Crippen molar-refractivity contribution in [3.8, 4) is 0 Å². The van der Waals surface area contributed by atoms with Gasteiger partial charge in [-0.25, -0.2) is 8.42 Å². The Hall–Kier alpha value is -0.0900. The van der Waals surface area contributed by atoms with Crippen LogP contribution in [0.1, 0.15) is 51.9 Å². The zero-order valence-corrected chi connectivity index (χ0v) is 12.2. The fourth-order valence-corrected chi connectivity index (χ4v) is 3.67. The highest BCUT2D eigenvalue weighted by molar-refractivity contribution is 7.91. The molecule has 1 aliphatic rings. The van der Waals surface area contributed by atoms with Crippen LogP contribution in [0.25, 0.3) is 0 Å². The summed E-state index contributed by atoms with van der Waals surface area (Å²) in [6, 6.07) is 0.104. The van der Waals surface area contributed by atoms with Gasteiger partial charge in [-0.1, -0.05) is 32.1 Å². The maximum Gasteiger partial charge on any atom is 0.151 e. The summed E-state index contributed by atoms with van der Waals surface area (Å²) in [5.74, 6) is 0.825. The summed E-state index contributed by atoms with van der Waals surface area (Å²) in [6.45, 7) is 1.82. The molecule has 0 spiro atoms. The van der Waals surface area contributed by atoms with Crippen molar-refractivity contribution in [3.63, 3.8) is 0 Å². The molecule has 0 bridgehead atoms. The fraction of sp³-hybridized carbons (Fsp3) is 1.00. The van der Waals surface area contributed by atoms with Gasteiger partial charge in [0, 0.05) is 12.3 Å². The third-order valence-corrected chi connectivity index (χ3v) is 5.90. The average molecular weight is 261 g/mol. The van der Waals surface area contributed by atoms with Gasteiger partial charge >= 0.3 is 0 Å². The first-order chi connectivity index (χ1) is 7.95. The Kier molecular flexibility index (Phi) is 5.93. The standard InChI is InChI=1S/C13H27NO2S/c1-11(17(3,15)16)13(14-2)10-9-12-7-5-4-6-8-12/h11-14H,4-10H2,1-3H3. The van der Waals surface area contributed by atoms with Gasteiger partial charge in [-0.05, 0) is 32.7 Å². The van der Waals surface area contributed by atoms with E-state index in [9.17, 15) is 8.42 Å². The van der Waals surface area contributed by atoms with Crippen LogP contribution in [0.2, 0.25) is 0 Å². The Morgan fingerprint density at radius 1 is 1.24 bits per heavy atom. The second kappa shape index (κ2) is 6.74. The van der Waals surface area contributed by atoms with E-state index in [-0.39, 0.29) is 11.3 Å². The maximum absolute atomic E-state index is 11.5. The van der Waals surface area contributed by atoms with Gasteiger partial charge in [0.1, 0.15) is 0 Å². The molecule has 4 heteroatoms. The van der Waals surface area contributed by atoms with Gasteiger partial charge in [-0.2, -0.15) is 0 Å². The lowest BCUT2D eigenvalue weighted by atomic mass is 9.85. The van der Waals surface area contributed by atoms with E-state index < -0.39 is 9.84 Å². The second-order valence-electron chi connectivity index (χ2n) is 5.51. The molecule has 0 aromatic heterocycles. The molecule has 2 atom stereocenters. The molecule has 1 aliphatic carbocycles. The van der Waals surface area contributed by atoms with E-state index in [4.69, 9.17) is 0 Å². The van der Waals surface area contributed by atoms with Crippen molar-refractivity contribution < 1.29 is 8.42 Å². The molecule has 1 N–H and O–H groups in total. The summed E-state index contributed by atoms with van der Waals surface area (Å²) in [4.78, 5) is 0. The normalized spacial score (nSPS) is 22.3. The number of hydrogen-bond acceptors (Lipinski definition) is 3. The van der Waals surface area contributed by atoms with E-state index in [1.165, 1.54) is 44.8 Å². The lowest BCUT2D eigenvalue weighted by molar-refractivity contribution is 0.314. The van der Waals surface area contributed by atoms with Crippen molar-refractivity contribution in [2.24, 2.45) is 5.92 Å². The maximum atomic E-state index is 11.5. The molecular weight excluding hydrogens is 234 g/mol. The minimum absolute atomic E-state index is 0.104. The molecule has 0 amide bonds. The molecule has 2 unspecified atom stereocenters. The van der Waals surface area contributed by atoms with Gasteiger partial charge in [-0.3, -0.25) is 0 Å². The highest BCUT2D eigenvalue weighted by atomic mass is 32.2. The molecule has 1 rings (SSSR count). The van der Waals surface area contributed by atoms with Crippen molar-refractivity contribution in [3.05, 3.63) is 0 Å². The summed E-state index contributed by atoms with van der Waals surface area (Å²) in [7, 11) is -1.06. The molecule has 1 saturated carbocycles. The monoisotopic (exact) mass is 261 g/mol. The summed E-state index contributed by atoms with van der Waals surface area (Å²) >= 11 is 0. The Labute approximate surface area is 106 Å². The third-order valence-electron chi connectivity index (χ3n) is 4.22. The summed E-state index contributed by atoms with van der Waals surface area (Å²) < 4.78 is 23.1. The Morgan fingerprint density at radius 2 is 1.82 bits per heavy atom. The van der Waals surface area contributed by atoms with Crippen molar-refractivity contribution in [2.75, 3.05) is 13.3 Å². The number of rotatable bonds is 6. The van der Waals surface area contributed by atoms with Crippen LogP contribution >= 0.6 is 0 Å². The fourth-order valence-electron chi connectivity index (χ4n) is 2.80. The minimum atomic E-state index is -2.93. The molecule has 0 aromatic carbocycles. The molecule has 0 aliphatic heterocycles. The van der Waals surface area contributed by atoms with Crippen LogP contribution in [0.3, 0.4) is 0 Å². The number of hydrogen-bond donors (Lipinski definition) is 1. The van der Waals surface area contributed by atoms with Gasteiger partial charge in [0.15, 0.2) is 9.84 Å². The summed E-state index contributed by atoms with van der Waals surface area (Å²) in [6.07, 6.45) is 10.3. The van der Waals surface area contributed by atoms with Gasteiger partial charge in [-0.15, -0.1) is 0 Å². The largest absolute Gasteiger partial charge is 0.316 e. The predicted molar refractivity (Wildman–Crippen MR) is 73.0 cm³/mol. The van der Waals surface area contributed by atoms with Crippen LogP contribution < -0.4 is 5.32 Å². The quantitative estimate of drug-likeness (QED) is 0.798. The van der Waals surface area contributed by atoms with Crippen molar-refractivity contribution in [2.45, 2.75) is 63.2 Å². The first-order valence-corrected chi connectivity index (χ1v) is 8.76. The number of nitrogens with one attached hydrogen (secondary N) is 1. The molecule has 17 heavy (non-hydrogen) atoms. The van der Waals surface area contributed by atoms with E-state index in [1.807, 2.05) is 14.0 Å². The van der Waals surface area contributed by atoms with Crippen LogP contribution in [0.5, 0.6) is 0 Å². The molecule has 102 valence electrons. The van der Waals surface area contributed by atoms with Crippen molar-refractivity contribution in [1.82, 2.24) is 5.32 Å². The molecule has 1 fully saturated rings. The molecule has 0 saturated heterocycles. The molecule has 0 aromatic rings. The number of sulfone groups is 1. The predicted octanol–water partition coefficient (Wildman–Crippen LogP) is 2.37. The highest BCUT2D eigenvalue weighted by Gasteiger charge is 2.25. The van der Waals surface area contributed by atoms with Crippen LogP contribution in [0.15, 0.2) is 0 Å². The lowest BCUT2D eigenvalue weighted by Gasteiger charge is -2.26. The second-order valence-corrected chi connectivity index (χ2v) is 7.91. The van der Waals surface area contributed by atoms with Crippen LogP contribution in [0, 0.1) is 5.92 Å². The third kappa shape index (κ3) is 4.96. The topological polar surface area (TPSA) is 46.2 Å². The van der Waals surface area contributed by atoms with E-state index in [1.54, 1.807) is 0 Å². The van der Waals surface area contributed by atoms with Crippen molar-refractivity contribution in [1.29, 1.82) is 0 Å². The van der Waals surface area contributed by atoms with Gasteiger partial charge in [0.25, 0.3) is 0 Å². The molecule has 0 heterocycles. The summed E-state index contributed by atoms with van der Waals surface area (Å²) in [5.41, 5.74) is 0. The molecule has 3 nitrogen and oxygen atoms in total. The first kappa shape index (κ1) is 15.0. The summed E-state index contributed by atoms with van der Waals surface area (Å²) in [5, 5.41) is 2.89.